The molecule has 10 heteroatoms. The van der Waals surface area contributed by atoms with Crippen LogP contribution in [-0.2, 0) is 19.1 Å². The van der Waals surface area contributed by atoms with E-state index in [4.69, 9.17) is 21.7 Å². The second-order valence-corrected chi connectivity index (χ2v) is 7.06. The van der Waals surface area contributed by atoms with Crippen LogP contribution in [0.3, 0.4) is 0 Å². The predicted octanol–water partition coefficient (Wildman–Crippen LogP) is -0.919. The van der Waals surface area contributed by atoms with E-state index in [1.807, 2.05) is 0 Å². The summed E-state index contributed by atoms with van der Waals surface area (Å²) in [6.07, 6.45) is -3.51. The summed E-state index contributed by atoms with van der Waals surface area (Å²) in [6.45, 7) is 2.33. The molecular formula is C13H22N2O6S2. The Balaban J connectivity index is 2.90. The zero-order valence-corrected chi connectivity index (χ0v) is 15.0. The first-order valence-corrected chi connectivity index (χ1v) is 8.22. The number of esters is 1. The molecule has 5 atom stereocenters. The molecule has 1 rings (SSSR count). The van der Waals surface area contributed by atoms with Crippen molar-refractivity contribution in [2.24, 2.45) is 0 Å². The molecule has 0 aromatic carbocycles. The number of aliphatic hydroxyl groups is 2. The van der Waals surface area contributed by atoms with Crippen LogP contribution in [0.15, 0.2) is 0 Å². The number of amides is 1. The minimum Gasteiger partial charge on any atom is -0.463 e. The number of hydrogen-bond donors (Lipinski definition) is 3. The maximum atomic E-state index is 11.3. The minimum atomic E-state index is -1.31. The Hall–Kier alpha value is -0.940. The van der Waals surface area contributed by atoms with Crippen molar-refractivity contribution < 1.29 is 29.3 Å². The SMILES string of the molecule is CC(=O)N[C@@H]1[C@@H](O)[C@H](O)[C@@H](COC(C)=O)O[C@H]1SC(=S)N(C)C. The molecule has 23 heavy (non-hydrogen) atoms. The number of carbonyl (C=O) groups is 2. The number of carbonyl (C=O) groups excluding carboxylic acids is 2. The van der Waals surface area contributed by atoms with Crippen molar-refractivity contribution in [1.29, 1.82) is 0 Å². The third-order valence-corrected chi connectivity index (χ3v) is 4.96. The van der Waals surface area contributed by atoms with E-state index >= 15 is 0 Å². The average molecular weight is 366 g/mol. The van der Waals surface area contributed by atoms with Gasteiger partial charge in [0.1, 0.15) is 34.7 Å². The predicted molar refractivity (Wildman–Crippen MR) is 88.8 cm³/mol. The summed E-state index contributed by atoms with van der Waals surface area (Å²) in [4.78, 5) is 24.0. The summed E-state index contributed by atoms with van der Waals surface area (Å²) in [7, 11) is 3.51. The molecule has 8 nitrogen and oxygen atoms in total. The fourth-order valence-electron chi connectivity index (χ4n) is 1.96. The number of ether oxygens (including phenoxy) is 2. The van der Waals surface area contributed by atoms with Gasteiger partial charge in [-0.05, 0) is 0 Å². The second-order valence-electron chi connectivity index (χ2n) is 5.33. The van der Waals surface area contributed by atoms with E-state index in [1.54, 1.807) is 19.0 Å². The van der Waals surface area contributed by atoms with Crippen LogP contribution in [-0.4, -0.2) is 81.8 Å². The first kappa shape index (κ1) is 20.1. The van der Waals surface area contributed by atoms with Crippen LogP contribution < -0.4 is 5.32 Å². The quantitative estimate of drug-likeness (QED) is 0.430. The van der Waals surface area contributed by atoms with E-state index in [0.717, 1.165) is 11.8 Å². The zero-order chi connectivity index (χ0) is 17.7. The Labute approximate surface area is 144 Å². The molecule has 1 fully saturated rings. The van der Waals surface area contributed by atoms with E-state index in [2.05, 4.69) is 5.32 Å². The standard InChI is InChI=1S/C13H22N2O6S2/c1-6(16)14-9-11(19)10(18)8(5-20-7(2)17)21-12(9)23-13(22)15(3)4/h8-12,18-19H,5H2,1-4H3,(H,14,16)/t8-,9-,10-,11-,12+/m1/s1. The van der Waals surface area contributed by atoms with Gasteiger partial charge in [0.05, 0.1) is 6.04 Å². The van der Waals surface area contributed by atoms with Crippen LogP contribution in [0, 0.1) is 0 Å². The van der Waals surface area contributed by atoms with Gasteiger partial charge in [0.25, 0.3) is 0 Å². The van der Waals surface area contributed by atoms with E-state index in [-0.39, 0.29) is 12.5 Å². The maximum absolute atomic E-state index is 11.3. The highest BCUT2D eigenvalue weighted by atomic mass is 32.2. The van der Waals surface area contributed by atoms with Gasteiger partial charge in [-0.25, -0.2) is 0 Å². The Morgan fingerprint density at radius 1 is 1.30 bits per heavy atom. The largest absolute Gasteiger partial charge is 0.463 e. The zero-order valence-electron chi connectivity index (χ0n) is 13.4. The lowest BCUT2D eigenvalue weighted by atomic mass is 9.98. The van der Waals surface area contributed by atoms with Gasteiger partial charge < -0.3 is 29.9 Å². The first-order chi connectivity index (χ1) is 10.6. The Morgan fingerprint density at radius 3 is 2.39 bits per heavy atom. The highest BCUT2D eigenvalue weighted by Gasteiger charge is 2.46. The summed E-state index contributed by atoms with van der Waals surface area (Å²) >= 11 is 6.34. The summed E-state index contributed by atoms with van der Waals surface area (Å²) < 4.78 is 11.0. The molecule has 1 aliphatic heterocycles. The van der Waals surface area contributed by atoms with Crippen LogP contribution in [0.2, 0.25) is 0 Å². The first-order valence-electron chi connectivity index (χ1n) is 6.93. The smallest absolute Gasteiger partial charge is 0.302 e. The molecule has 0 spiro atoms. The monoisotopic (exact) mass is 366 g/mol. The summed E-state index contributed by atoms with van der Waals surface area (Å²) in [5.74, 6) is -0.892. The molecular weight excluding hydrogens is 344 g/mol. The second kappa shape index (κ2) is 8.78. The van der Waals surface area contributed by atoms with Crippen molar-refractivity contribution in [3.63, 3.8) is 0 Å². The van der Waals surface area contributed by atoms with Crippen molar-refractivity contribution in [3.05, 3.63) is 0 Å². The van der Waals surface area contributed by atoms with Gasteiger partial charge in [0, 0.05) is 27.9 Å². The van der Waals surface area contributed by atoms with Gasteiger partial charge in [-0.15, -0.1) is 0 Å². The van der Waals surface area contributed by atoms with Gasteiger partial charge >= 0.3 is 5.97 Å². The Morgan fingerprint density at radius 2 is 1.91 bits per heavy atom. The lowest BCUT2D eigenvalue weighted by Crippen LogP contribution is -2.63. The number of thioether (sulfide) groups is 1. The molecule has 0 saturated carbocycles. The van der Waals surface area contributed by atoms with E-state index in [1.165, 1.54) is 13.8 Å². The van der Waals surface area contributed by atoms with Crippen LogP contribution in [0.4, 0.5) is 0 Å². The van der Waals surface area contributed by atoms with E-state index in [0.29, 0.717) is 4.32 Å². The average Bonchev–Trinajstić information content (AvgIpc) is 2.44. The van der Waals surface area contributed by atoms with Crippen molar-refractivity contribution in [2.75, 3.05) is 20.7 Å². The lowest BCUT2D eigenvalue weighted by Gasteiger charge is -2.42. The van der Waals surface area contributed by atoms with Gasteiger partial charge in [0.15, 0.2) is 0 Å². The highest BCUT2D eigenvalue weighted by Crippen LogP contribution is 2.30. The molecule has 0 aliphatic carbocycles. The van der Waals surface area contributed by atoms with E-state index < -0.39 is 35.8 Å². The third-order valence-electron chi connectivity index (χ3n) is 3.10. The fourth-order valence-corrected chi connectivity index (χ4v) is 3.23. The molecule has 3 N–H and O–H groups in total. The van der Waals surface area contributed by atoms with Gasteiger partial charge in [-0.1, -0.05) is 24.0 Å². The lowest BCUT2D eigenvalue weighted by molar-refractivity contribution is -0.183. The van der Waals surface area contributed by atoms with Gasteiger partial charge in [-0.3, -0.25) is 9.59 Å². The number of rotatable bonds is 4. The van der Waals surface area contributed by atoms with Crippen LogP contribution in [0.1, 0.15) is 13.8 Å². The van der Waals surface area contributed by atoms with Crippen LogP contribution in [0.25, 0.3) is 0 Å². The topological polar surface area (TPSA) is 108 Å². The number of nitrogens with one attached hydrogen (secondary N) is 1. The van der Waals surface area contributed by atoms with Crippen LogP contribution in [0.5, 0.6) is 0 Å². The number of thiocarbonyl (C=S) groups is 1. The van der Waals surface area contributed by atoms with Crippen molar-refractivity contribution in [1.82, 2.24) is 10.2 Å². The fraction of sp³-hybridized carbons (Fsp3) is 0.769. The highest BCUT2D eigenvalue weighted by molar-refractivity contribution is 8.23. The molecule has 0 aromatic heterocycles. The van der Waals surface area contributed by atoms with Gasteiger partial charge in [0.2, 0.25) is 5.91 Å². The normalized spacial score (nSPS) is 30.4. The molecule has 132 valence electrons. The summed E-state index contributed by atoms with van der Waals surface area (Å²) in [5.41, 5.74) is -0.729. The van der Waals surface area contributed by atoms with E-state index in [9.17, 15) is 19.8 Å². The minimum absolute atomic E-state index is 0.202. The molecule has 0 radical (unpaired) electrons. The Kier molecular flexibility index (Phi) is 7.68. The van der Waals surface area contributed by atoms with Gasteiger partial charge in [-0.2, -0.15) is 0 Å². The van der Waals surface area contributed by atoms with Crippen molar-refractivity contribution in [3.8, 4) is 0 Å². The third kappa shape index (κ3) is 5.88. The molecule has 1 saturated heterocycles. The molecule has 0 unspecified atom stereocenters. The van der Waals surface area contributed by atoms with Crippen LogP contribution >= 0.6 is 24.0 Å². The molecule has 1 heterocycles. The van der Waals surface area contributed by atoms with Crippen molar-refractivity contribution in [2.45, 2.75) is 43.6 Å². The van der Waals surface area contributed by atoms with Crippen molar-refractivity contribution >= 4 is 40.2 Å². The molecule has 1 aliphatic rings. The number of hydrogen-bond acceptors (Lipinski definition) is 8. The molecule has 1 amide bonds. The number of nitrogens with zero attached hydrogens (tertiary/aromatic N) is 1. The Bertz CT molecular complexity index is 460. The number of aliphatic hydroxyl groups excluding tert-OH is 2. The maximum Gasteiger partial charge on any atom is 0.302 e. The molecule has 0 bridgehead atoms. The summed E-state index contributed by atoms with van der Waals surface area (Å²) in [5, 5.41) is 23.0. The summed E-state index contributed by atoms with van der Waals surface area (Å²) in [6, 6.07) is -0.848. The molecule has 0 aromatic rings.